The van der Waals surface area contributed by atoms with Gasteiger partial charge < -0.3 is 15.4 Å². The van der Waals surface area contributed by atoms with E-state index in [0.29, 0.717) is 36.6 Å². The van der Waals surface area contributed by atoms with E-state index in [2.05, 4.69) is 10.6 Å². The number of anilines is 1. The second-order valence-electron chi connectivity index (χ2n) is 5.53. The van der Waals surface area contributed by atoms with Crippen molar-refractivity contribution < 1.29 is 14.3 Å². The molecule has 2 aromatic rings. The predicted molar refractivity (Wildman–Crippen MR) is 87.5 cm³/mol. The van der Waals surface area contributed by atoms with Gasteiger partial charge in [-0.3, -0.25) is 9.59 Å². The van der Waals surface area contributed by atoms with Gasteiger partial charge in [0, 0.05) is 12.1 Å². The molecule has 0 aliphatic carbocycles. The molecule has 2 aromatic carbocycles. The fraction of sp³-hybridized carbons (Fsp3) is 0.222. The van der Waals surface area contributed by atoms with Crippen LogP contribution in [0.2, 0.25) is 0 Å². The molecule has 0 aromatic heterocycles. The van der Waals surface area contributed by atoms with E-state index in [-0.39, 0.29) is 11.8 Å². The van der Waals surface area contributed by atoms with Crippen LogP contribution in [0, 0.1) is 6.92 Å². The van der Waals surface area contributed by atoms with E-state index in [1.165, 1.54) is 5.56 Å². The molecule has 5 nitrogen and oxygen atoms in total. The van der Waals surface area contributed by atoms with Crippen molar-refractivity contribution in [2.45, 2.75) is 19.9 Å². The molecule has 0 saturated carbocycles. The maximum atomic E-state index is 12.3. The van der Waals surface area contributed by atoms with Crippen LogP contribution in [-0.4, -0.2) is 18.4 Å². The van der Waals surface area contributed by atoms with Crippen molar-refractivity contribution in [1.29, 1.82) is 0 Å². The first-order valence-corrected chi connectivity index (χ1v) is 7.52. The van der Waals surface area contributed by atoms with Crippen molar-refractivity contribution in [1.82, 2.24) is 5.32 Å². The van der Waals surface area contributed by atoms with Crippen molar-refractivity contribution in [3.8, 4) is 5.75 Å². The van der Waals surface area contributed by atoms with Crippen LogP contribution in [0.25, 0.3) is 0 Å². The van der Waals surface area contributed by atoms with Gasteiger partial charge >= 0.3 is 0 Å². The van der Waals surface area contributed by atoms with Gasteiger partial charge in [0.25, 0.3) is 5.91 Å². The molecule has 23 heavy (non-hydrogen) atoms. The summed E-state index contributed by atoms with van der Waals surface area (Å²) < 4.78 is 5.48. The number of ether oxygens (including phenoxy) is 1. The third kappa shape index (κ3) is 3.69. The number of carbonyl (C=O) groups is 2. The van der Waals surface area contributed by atoms with Gasteiger partial charge in [0.1, 0.15) is 5.75 Å². The minimum absolute atomic E-state index is 0.110. The number of hydrogen-bond donors (Lipinski definition) is 2. The normalized spacial score (nSPS) is 13.3. The Morgan fingerprint density at radius 2 is 2.00 bits per heavy atom. The van der Waals surface area contributed by atoms with E-state index in [0.717, 1.165) is 5.56 Å². The Morgan fingerprint density at radius 3 is 2.78 bits per heavy atom. The third-order valence-electron chi connectivity index (χ3n) is 3.68. The molecular formula is C18H18N2O3. The molecule has 0 radical (unpaired) electrons. The molecular weight excluding hydrogens is 292 g/mol. The predicted octanol–water partition coefficient (Wildman–Crippen LogP) is 2.65. The van der Waals surface area contributed by atoms with Crippen LogP contribution >= 0.6 is 0 Å². The van der Waals surface area contributed by atoms with Crippen LogP contribution in [0.4, 0.5) is 5.69 Å². The largest absolute Gasteiger partial charge is 0.491 e. The summed E-state index contributed by atoms with van der Waals surface area (Å²) in [7, 11) is 0. The molecule has 0 fully saturated rings. The Balaban J connectivity index is 1.70. The molecule has 0 spiro atoms. The van der Waals surface area contributed by atoms with Crippen LogP contribution < -0.4 is 15.4 Å². The summed E-state index contributed by atoms with van der Waals surface area (Å²) in [5, 5.41) is 5.63. The summed E-state index contributed by atoms with van der Waals surface area (Å²) in [6.45, 7) is 2.82. The van der Waals surface area contributed by atoms with Gasteiger partial charge in [-0.15, -0.1) is 0 Å². The first-order chi connectivity index (χ1) is 11.1. The molecule has 5 heteroatoms. The van der Waals surface area contributed by atoms with Gasteiger partial charge in [0.2, 0.25) is 5.91 Å². The monoisotopic (exact) mass is 310 g/mol. The minimum atomic E-state index is -0.188. The first-order valence-electron chi connectivity index (χ1n) is 7.52. The van der Waals surface area contributed by atoms with Gasteiger partial charge in [0.05, 0.1) is 18.7 Å². The Kier molecular flexibility index (Phi) is 4.28. The number of nitrogens with one attached hydrogen (secondary N) is 2. The molecule has 118 valence electrons. The Morgan fingerprint density at radius 1 is 1.22 bits per heavy atom. The number of benzene rings is 2. The second-order valence-corrected chi connectivity index (χ2v) is 5.53. The van der Waals surface area contributed by atoms with Crippen molar-refractivity contribution in [3.05, 3.63) is 59.2 Å². The quantitative estimate of drug-likeness (QED) is 0.916. The fourth-order valence-corrected chi connectivity index (χ4v) is 2.35. The standard InChI is InChI=1S/C18H18N2O3/c1-12-2-4-13(5-3-12)11-19-18(22)14-6-7-16-15(10-14)20-17(21)8-9-23-16/h2-7,10H,8-9,11H2,1H3,(H,19,22)(H,20,21). The number of hydrogen-bond acceptors (Lipinski definition) is 3. The van der Waals surface area contributed by atoms with Gasteiger partial charge in [0.15, 0.2) is 0 Å². The average molecular weight is 310 g/mol. The Hall–Kier alpha value is -2.82. The molecule has 3 rings (SSSR count). The smallest absolute Gasteiger partial charge is 0.251 e. The van der Waals surface area contributed by atoms with Gasteiger partial charge in [-0.1, -0.05) is 29.8 Å². The molecule has 1 heterocycles. The lowest BCUT2D eigenvalue weighted by molar-refractivity contribution is -0.116. The van der Waals surface area contributed by atoms with Crippen LogP contribution in [0.15, 0.2) is 42.5 Å². The highest BCUT2D eigenvalue weighted by Crippen LogP contribution is 2.28. The summed E-state index contributed by atoms with van der Waals surface area (Å²) in [5.41, 5.74) is 3.24. The molecule has 2 N–H and O–H groups in total. The molecule has 0 saturated heterocycles. The van der Waals surface area contributed by atoms with Crippen molar-refractivity contribution in [2.24, 2.45) is 0 Å². The van der Waals surface area contributed by atoms with Gasteiger partial charge in [-0.2, -0.15) is 0 Å². The second kappa shape index (κ2) is 6.52. The third-order valence-corrected chi connectivity index (χ3v) is 3.68. The maximum Gasteiger partial charge on any atom is 0.251 e. The lowest BCUT2D eigenvalue weighted by atomic mass is 10.1. The number of aryl methyl sites for hydroxylation is 1. The highest BCUT2D eigenvalue weighted by Gasteiger charge is 2.16. The Labute approximate surface area is 134 Å². The van der Waals surface area contributed by atoms with E-state index in [9.17, 15) is 9.59 Å². The SMILES string of the molecule is Cc1ccc(CNC(=O)c2ccc3c(c2)NC(=O)CCO3)cc1. The summed E-state index contributed by atoms with van der Waals surface area (Å²) in [5.74, 6) is 0.291. The fourth-order valence-electron chi connectivity index (χ4n) is 2.35. The summed E-state index contributed by atoms with van der Waals surface area (Å²) in [4.78, 5) is 23.8. The molecule has 0 bridgehead atoms. The van der Waals surface area contributed by atoms with Crippen LogP contribution in [0.1, 0.15) is 27.9 Å². The highest BCUT2D eigenvalue weighted by atomic mass is 16.5. The van der Waals surface area contributed by atoms with E-state index < -0.39 is 0 Å². The highest BCUT2D eigenvalue weighted by molar-refractivity contribution is 5.98. The topological polar surface area (TPSA) is 67.4 Å². The molecule has 0 unspecified atom stereocenters. The molecule has 0 atom stereocenters. The van der Waals surface area contributed by atoms with Crippen LogP contribution in [-0.2, 0) is 11.3 Å². The van der Waals surface area contributed by atoms with Crippen LogP contribution in [0.3, 0.4) is 0 Å². The van der Waals surface area contributed by atoms with Gasteiger partial charge in [-0.25, -0.2) is 0 Å². The van der Waals surface area contributed by atoms with E-state index in [4.69, 9.17) is 4.74 Å². The zero-order valence-electron chi connectivity index (χ0n) is 12.9. The van der Waals surface area contributed by atoms with Crippen molar-refractivity contribution >= 4 is 17.5 Å². The zero-order valence-corrected chi connectivity index (χ0v) is 12.9. The number of rotatable bonds is 3. The maximum absolute atomic E-state index is 12.3. The number of carbonyl (C=O) groups excluding carboxylic acids is 2. The number of amides is 2. The zero-order chi connectivity index (χ0) is 16.2. The van der Waals surface area contributed by atoms with E-state index in [1.807, 2.05) is 31.2 Å². The summed E-state index contributed by atoms with van der Waals surface area (Å²) >= 11 is 0. The minimum Gasteiger partial charge on any atom is -0.491 e. The number of fused-ring (bicyclic) bond motifs is 1. The first kappa shape index (κ1) is 15.1. The molecule has 1 aliphatic rings. The Bertz CT molecular complexity index is 738. The molecule has 1 aliphatic heterocycles. The summed E-state index contributed by atoms with van der Waals surface area (Å²) in [6, 6.07) is 13.0. The summed E-state index contributed by atoms with van der Waals surface area (Å²) in [6.07, 6.45) is 0.309. The van der Waals surface area contributed by atoms with E-state index in [1.54, 1.807) is 18.2 Å². The van der Waals surface area contributed by atoms with Gasteiger partial charge in [-0.05, 0) is 30.7 Å². The average Bonchev–Trinajstić information content (AvgIpc) is 2.73. The van der Waals surface area contributed by atoms with Crippen LogP contribution in [0.5, 0.6) is 5.75 Å². The lowest BCUT2D eigenvalue weighted by Crippen LogP contribution is -2.23. The molecule has 2 amide bonds. The lowest BCUT2D eigenvalue weighted by Gasteiger charge is -2.10. The van der Waals surface area contributed by atoms with Crippen molar-refractivity contribution in [2.75, 3.05) is 11.9 Å². The van der Waals surface area contributed by atoms with Crippen molar-refractivity contribution in [3.63, 3.8) is 0 Å². The van der Waals surface area contributed by atoms with E-state index >= 15 is 0 Å².